The van der Waals surface area contributed by atoms with Crippen molar-refractivity contribution in [3.63, 3.8) is 0 Å². The zero-order valence-electron chi connectivity index (χ0n) is 16.1. The van der Waals surface area contributed by atoms with Gasteiger partial charge in [0.25, 0.3) is 5.89 Å². The zero-order valence-corrected chi connectivity index (χ0v) is 16.9. The van der Waals surface area contributed by atoms with E-state index in [1.807, 2.05) is 60.7 Å². The average Bonchev–Trinajstić information content (AvgIpc) is 3.50. The number of hydrogen-bond donors (Lipinski definition) is 0. The second kappa shape index (κ2) is 7.60. The Morgan fingerprint density at radius 3 is 2.63 bits per heavy atom. The maximum Gasteiger partial charge on any atom is 0.330 e. The number of ether oxygens (including phenoxy) is 1. The van der Waals surface area contributed by atoms with Gasteiger partial charge in [-0.2, -0.15) is 0 Å². The number of thioether (sulfide) groups is 1. The van der Waals surface area contributed by atoms with Gasteiger partial charge in [0.2, 0.25) is 11.8 Å². The largest absolute Gasteiger partial charge is 0.454 e. The Kier molecular flexibility index (Phi) is 4.78. The molecule has 0 bridgehead atoms. The van der Waals surface area contributed by atoms with E-state index in [1.54, 1.807) is 16.7 Å². The van der Waals surface area contributed by atoms with Crippen LogP contribution in [0.4, 0.5) is 0 Å². The van der Waals surface area contributed by atoms with Crippen molar-refractivity contribution >= 4 is 23.6 Å². The lowest BCUT2D eigenvalue weighted by atomic mass is 10.0. The number of carbonyl (C=O) groups excluding carboxylic acids is 2. The van der Waals surface area contributed by atoms with E-state index in [0.717, 1.165) is 11.1 Å². The van der Waals surface area contributed by atoms with Gasteiger partial charge < -0.3 is 14.1 Å². The maximum atomic E-state index is 12.8. The molecule has 2 saturated heterocycles. The van der Waals surface area contributed by atoms with Gasteiger partial charge in [-0.15, -0.1) is 22.0 Å². The molecular formula is C22H19N3O4S. The highest BCUT2D eigenvalue weighted by atomic mass is 32.2. The van der Waals surface area contributed by atoms with Gasteiger partial charge in [0.15, 0.2) is 6.61 Å². The molecule has 0 unspecified atom stereocenters. The van der Waals surface area contributed by atoms with E-state index >= 15 is 0 Å². The number of amides is 1. The van der Waals surface area contributed by atoms with E-state index < -0.39 is 16.9 Å². The second-order valence-corrected chi connectivity index (χ2v) is 8.51. The van der Waals surface area contributed by atoms with Crippen LogP contribution in [0.2, 0.25) is 0 Å². The van der Waals surface area contributed by atoms with Crippen LogP contribution in [0.1, 0.15) is 24.3 Å². The normalized spacial score (nSPS) is 22.9. The number of fused-ring (bicyclic) bond motifs is 1. The first-order valence-electron chi connectivity index (χ1n) is 9.73. The number of nitrogens with zero attached hydrogens (tertiary/aromatic N) is 3. The highest BCUT2D eigenvalue weighted by molar-refractivity contribution is 8.00. The molecule has 5 rings (SSSR count). The van der Waals surface area contributed by atoms with Crippen LogP contribution < -0.4 is 0 Å². The number of benzene rings is 2. The van der Waals surface area contributed by atoms with Crippen molar-refractivity contribution in [1.29, 1.82) is 0 Å². The third-order valence-electron chi connectivity index (χ3n) is 5.45. The van der Waals surface area contributed by atoms with Crippen molar-refractivity contribution < 1.29 is 18.7 Å². The average molecular weight is 421 g/mol. The Morgan fingerprint density at radius 1 is 1.13 bits per heavy atom. The first-order chi connectivity index (χ1) is 14.7. The lowest BCUT2D eigenvalue weighted by molar-refractivity contribution is -0.155. The highest BCUT2D eigenvalue weighted by Crippen LogP contribution is 2.54. The molecule has 7 nitrogen and oxygen atoms in total. The number of rotatable bonds is 5. The van der Waals surface area contributed by atoms with Gasteiger partial charge in [-0.3, -0.25) is 4.79 Å². The molecule has 0 N–H and O–H groups in total. The summed E-state index contributed by atoms with van der Waals surface area (Å²) in [6.45, 7) is -0.125. The number of carbonyl (C=O) groups is 2. The van der Waals surface area contributed by atoms with E-state index in [4.69, 9.17) is 9.15 Å². The van der Waals surface area contributed by atoms with Gasteiger partial charge in [-0.25, -0.2) is 4.79 Å². The molecule has 8 heteroatoms. The predicted molar refractivity (Wildman–Crippen MR) is 110 cm³/mol. The number of hydrogen-bond acceptors (Lipinski definition) is 7. The third kappa shape index (κ3) is 3.17. The van der Waals surface area contributed by atoms with Crippen molar-refractivity contribution in [2.24, 2.45) is 0 Å². The fourth-order valence-electron chi connectivity index (χ4n) is 4.05. The van der Waals surface area contributed by atoms with Crippen LogP contribution in [0.25, 0.3) is 11.5 Å². The molecule has 152 valence electrons. The summed E-state index contributed by atoms with van der Waals surface area (Å²) in [4.78, 5) is 26.7. The molecule has 1 aromatic heterocycles. The number of aromatic nitrogens is 2. The van der Waals surface area contributed by atoms with E-state index in [0.29, 0.717) is 24.5 Å². The van der Waals surface area contributed by atoms with Gasteiger partial charge in [0.05, 0.1) is 0 Å². The molecule has 2 fully saturated rings. The SMILES string of the molecule is O=C(OCc1nnc(-c2ccccc2)o1)[C@H]1CS[C@]2(c3ccccc3)CCC(=O)N12. The molecule has 3 heterocycles. The smallest absolute Gasteiger partial charge is 0.330 e. The van der Waals surface area contributed by atoms with Gasteiger partial charge >= 0.3 is 5.97 Å². The van der Waals surface area contributed by atoms with Crippen molar-refractivity contribution in [2.75, 3.05) is 5.75 Å². The minimum Gasteiger partial charge on any atom is -0.454 e. The lowest BCUT2D eigenvalue weighted by Gasteiger charge is -2.33. The minimum absolute atomic E-state index is 0.0186. The Balaban J connectivity index is 1.29. The molecule has 2 atom stereocenters. The first-order valence-corrected chi connectivity index (χ1v) is 10.7. The summed E-state index contributed by atoms with van der Waals surface area (Å²) >= 11 is 1.63. The Hall–Kier alpha value is -3.13. The standard InChI is InChI=1S/C22H19N3O4S/c26-19-11-12-22(16-9-5-2-6-10-16)25(19)17(14-30-22)21(27)28-13-18-23-24-20(29-18)15-7-3-1-4-8-15/h1-10,17H,11-14H2/t17-,22+/m1/s1. The van der Waals surface area contributed by atoms with Crippen LogP contribution in [0.3, 0.4) is 0 Å². The van der Waals surface area contributed by atoms with Crippen LogP contribution in [-0.2, 0) is 25.8 Å². The van der Waals surface area contributed by atoms with Crippen LogP contribution in [0.15, 0.2) is 65.1 Å². The molecule has 0 spiro atoms. The summed E-state index contributed by atoms with van der Waals surface area (Å²) in [5, 5.41) is 7.96. The number of esters is 1. The van der Waals surface area contributed by atoms with Gasteiger partial charge in [0, 0.05) is 17.7 Å². The Labute approximate surface area is 177 Å². The van der Waals surface area contributed by atoms with Crippen LogP contribution >= 0.6 is 11.8 Å². The van der Waals surface area contributed by atoms with E-state index in [-0.39, 0.29) is 18.4 Å². The molecule has 1 amide bonds. The van der Waals surface area contributed by atoms with Crippen molar-refractivity contribution in [3.05, 3.63) is 72.1 Å². The summed E-state index contributed by atoms with van der Waals surface area (Å²) in [6, 6.07) is 18.6. The third-order valence-corrected chi connectivity index (χ3v) is 7.05. The topological polar surface area (TPSA) is 85.5 Å². The second-order valence-electron chi connectivity index (χ2n) is 7.22. The molecule has 2 aromatic carbocycles. The summed E-state index contributed by atoms with van der Waals surface area (Å²) < 4.78 is 11.1. The molecule has 2 aliphatic heterocycles. The molecule has 3 aromatic rings. The monoisotopic (exact) mass is 421 g/mol. The van der Waals surface area contributed by atoms with Crippen molar-refractivity contribution in [2.45, 2.75) is 30.4 Å². The van der Waals surface area contributed by atoms with Crippen LogP contribution in [0.5, 0.6) is 0 Å². The Morgan fingerprint density at radius 2 is 1.87 bits per heavy atom. The lowest BCUT2D eigenvalue weighted by Crippen LogP contribution is -2.46. The van der Waals surface area contributed by atoms with Gasteiger partial charge in [0.1, 0.15) is 10.9 Å². The zero-order chi connectivity index (χ0) is 20.6. The van der Waals surface area contributed by atoms with Crippen molar-refractivity contribution in [1.82, 2.24) is 15.1 Å². The molecule has 30 heavy (non-hydrogen) atoms. The molecule has 0 radical (unpaired) electrons. The van der Waals surface area contributed by atoms with Crippen LogP contribution in [-0.4, -0.2) is 38.8 Å². The van der Waals surface area contributed by atoms with Crippen LogP contribution in [0, 0.1) is 0 Å². The molecular weight excluding hydrogens is 402 g/mol. The maximum absolute atomic E-state index is 12.8. The summed E-state index contributed by atoms with van der Waals surface area (Å²) in [6.07, 6.45) is 1.12. The van der Waals surface area contributed by atoms with E-state index in [9.17, 15) is 9.59 Å². The van der Waals surface area contributed by atoms with Gasteiger partial charge in [-0.05, 0) is 24.1 Å². The van der Waals surface area contributed by atoms with E-state index in [2.05, 4.69) is 10.2 Å². The van der Waals surface area contributed by atoms with Gasteiger partial charge in [-0.1, -0.05) is 48.5 Å². The fraction of sp³-hybridized carbons (Fsp3) is 0.273. The first kappa shape index (κ1) is 18.9. The van der Waals surface area contributed by atoms with E-state index in [1.165, 1.54) is 0 Å². The fourth-order valence-corrected chi connectivity index (χ4v) is 5.69. The predicted octanol–water partition coefficient (Wildman–Crippen LogP) is 3.37. The molecule has 0 aliphatic carbocycles. The quantitative estimate of drug-likeness (QED) is 0.584. The van der Waals surface area contributed by atoms with Crippen molar-refractivity contribution in [3.8, 4) is 11.5 Å². The minimum atomic E-state index is -0.623. The Bertz CT molecular complexity index is 1070. The molecule has 0 saturated carbocycles. The summed E-state index contributed by atoms with van der Waals surface area (Å²) in [5.74, 6) is 0.620. The highest BCUT2D eigenvalue weighted by Gasteiger charge is 2.57. The molecule has 2 aliphatic rings. The summed E-state index contributed by atoms with van der Waals surface area (Å²) in [7, 11) is 0. The summed E-state index contributed by atoms with van der Waals surface area (Å²) in [5.41, 5.74) is 1.84.